The van der Waals surface area contributed by atoms with E-state index in [9.17, 15) is 26.7 Å². The number of hydrogen-bond acceptors (Lipinski definition) is 7. The number of ether oxygens (including phenoxy) is 1. The molecule has 34 heavy (non-hydrogen) atoms. The minimum Gasteiger partial charge on any atom is -0.506 e. The minimum absolute atomic E-state index is 0.0239. The van der Waals surface area contributed by atoms with Gasteiger partial charge in [0.25, 0.3) is 0 Å². The van der Waals surface area contributed by atoms with Crippen LogP contribution in [0.5, 0.6) is 5.75 Å². The van der Waals surface area contributed by atoms with Crippen LogP contribution in [0.3, 0.4) is 0 Å². The van der Waals surface area contributed by atoms with E-state index in [0.717, 1.165) is 12.2 Å². The zero-order valence-corrected chi connectivity index (χ0v) is 19.0. The van der Waals surface area contributed by atoms with Crippen molar-refractivity contribution in [2.24, 2.45) is 0 Å². The molecule has 3 aromatic carbocycles. The van der Waals surface area contributed by atoms with Gasteiger partial charge in [-0.15, -0.1) is 0 Å². The summed E-state index contributed by atoms with van der Waals surface area (Å²) in [4.78, 5) is 11.7. The second kappa shape index (κ2) is 7.82. The first kappa shape index (κ1) is 21.9. The lowest BCUT2D eigenvalue weighted by Gasteiger charge is -2.08. The van der Waals surface area contributed by atoms with E-state index in [1.165, 1.54) is 36.4 Å². The maximum absolute atomic E-state index is 13.1. The highest BCUT2D eigenvalue weighted by atomic mass is 32.2. The Morgan fingerprint density at radius 1 is 0.735 bits per heavy atom. The van der Waals surface area contributed by atoms with E-state index < -0.39 is 41.0 Å². The van der Waals surface area contributed by atoms with Crippen LogP contribution in [0, 0.1) is 0 Å². The van der Waals surface area contributed by atoms with Crippen LogP contribution in [0.15, 0.2) is 116 Å². The Bertz CT molecular complexity index is 1660. The molecule has 0 saturated carbocycles. The maximum atomic E-state index is 13.1. The molecule has 3 aromatic rings. The van der Waals surface area contributed by atoms with Gasteiger partial charge in [-0.25, -0.2) is 16.8 Å². The molecule has 2 aliphatic rings. The van der Waals surface area contributed by atoms with Crippen molar-refractivity contribution in [3.8, 4) is 5.75 Å². The minimum atomic E-state index is -4.15. The lowest BCUT2D eigenvalue weighted by atomic mass is 10.1. The molecule has 170 valence electrons. The lowest BCUT2D eigenvalue weighted by Crippen LogP contribution is -2.06. The summed E-state index contributed by atoms with van der Waals surface area (Å²) in [6.07, 6.45) is 2.01. The monoisotopic (exact) mass is 492 g/mol. The van der Waals surface area contributed by atoms with Crippen molar-refractivity contribution < 1.29 is 31.5 Å². The number of carbonyl (C=O) groups excluding carboxylic acids is 1. The largest absolute Gasteiger partial charge is 0.506 e. The molecule has 0 amide bonds. The summed E-state index contributed by atoms with van der Waals surface area (Å²) in [6, 6.07) is 20.0. The van der Waals surface area contributed by atoms with Gasteiger partial charge in [0.1, 0.15) is 27.1 Å². The Kier molecular flexibility index (Phi) is 5.03. The first-order valence-electron chi connectivity index (χ1n) is 10.0. The predicted octanol–water partition coefficient (Wildman–Crippen LogP) is 4.22. The van der Waals surface area contributed by atoms with E-state index in [1.807, 2.05) is 0 Å². The van der Waals surface area contributed by atoms with Crippen molar-refractivity contribution in [3.63, 3.8) is 0 Å². The molecule has 0 bridgehead atoms. The molecule has 0 saturated heterocycles. The molecule has 9 heteroatoms. The normalized spacial score (nSPS) is 19.2. The van der Waals surface area contributed by atoms with E-state index in [-0.39, 0.29) is 32.4 Å². The van der Waals surface area contributed by atoms with E-state index in [1.54, 1.807) is 42.5 Å². The number of fused-ring (bicyclic) bond motifs is 2. The van der Waals surface area contributed by atoms with Gasteiger partial charge in [0.2, 0.25) is 25.5 Å². The molecule has 1 N–H and O–H groups in total. The third kappa shape index (κ3) is 3.37. The summed E-state index contributed by atoms with van der Waals surface area (Å²) in [5, 5.41) is 10.6. The Morgan fingerprint density at radius 2 is 1.29 bits per heavy atom. The van der Waals surface area contributed by atoms with Crippen LogP contribution < -0.4 is 4.74 Å². The summed E-state index contributed by atoms with van der Waals surface area (Å²) >= 11 is 0. The molecule has 0 unspecified atom stereocenters. The first-order chi connectivity index (χ1) is 16.2. The van der Waals surface area contributed by atoms with Crippen LogP contribution in [0.25, 0.3) is 5.76 Å². The summed E-state index contributed by atoms with van der Waals surface area (Å²) in [7, 11) is -8.25. The molecule has 0 atom stereocenters. The molecule has 2 heterocycles. The van der Waals surface area contributed by atoms with Crippen molar-refractivity contribution >= 4 is 31.2 Å². The zero-order chi connectivity index (χ0) is 24.1. The van der Waals surface area contributed by atoms with E-state index >= 15 is 0 Å². The highest BCUT2D eigenvalue weighted by Gasteiger charge is 2.40. The van der Waals surface area contributed by atoms with E-state index in [0.29, 0.717) is 0 Å². The number of aliphatic hydroxyl groups is 1. The van der Waals surface area contributed by atoms with Gasteiger partial charge in [0.15, 0.2) is 0 Å². The number of rotatable bonds is 4. The Labute approximate surface area is 195 Å². The van der Waals surface area contributed by atoms with Crippen molar-refractivity contribution in [2.75, 3.05) is 0 Å². The van der Waals surface area contributed by atoms with Crippen LogP contribution in [-0.4, -0.2) is 27.7 Å². The van der Waals surface area contributed by atoms with Gasteiger partial charge in [-0.2, -0.15) is 0 Å². The van der Waals surface area contributed by atoms with Gasteiger partial charge in [-0.3, -0.25) is 4.79 Å². The van der Waals surface area contributed by atoms with Crippen molar-refractivity contribution in [3.05, 3.63) is 118 Å². The Morgan fingerprint density at radius 3 is 1.91 bits per heavy atom. The third-order valence-corrected chi connectivity index (χ3v) is 9.06. The van der Waals surface area contributed by atoms with Crippen molar-refractivity contribution in [1.82, 2.24) is 0 Å². The molecule has 0 radical (unpaired) electrons. The average molecular weight is 493 g/mol. The highest BCUT2D eigenvalue weighted by Crippen LogP contribution is 2.40. The summed E-state index contributed by atoms with van der Waals surface area (Å²) < 4.78 is 58.0. The Balaban J connectivity index is 1.69. The number of Topliss-reactive ketones (excluding diaryl/α,β-unsaturated/α-hetero) is 1. The van der Waals surface area contributed by atoms with Crippen LogP contribution >= 0.6 is 0 Å². The summed E-state index contributed by atoms with van der Waals surface area (Å²) in [5.41, 5.74) is 0.146. The van der Waals surface area contributed by atoms with Gasteiger partial charge >= 0.3 is 0 Å². The van der Waals surface area contributed by atoms with Crippen molar-refractivity contribution in [1.29, 1.82) is 0 Å². The number of benzene rings is 3. The molecule has 0 aliphatic carbocycles. The summed E-state index contributed by atoms with van der Waals surface area (Å²) in [6.45, 7) is 0. The van der Waals surface area contributed by atoms with Crippen LogP contribution in [0.1, 0.15) is 15.9 Å². The smallest absolute Gasteiger partial charge is 0.211 e. The second-order valence-corrected chi connectivity index (χ2v) is 11.3. The molecule has 2 aliphatic heterocycles. The van der Waals surface area contributed by atoms with E-state index in [2.05, 4.69) is 0 Å². The van der Waals surface area contributed by atoms with Gasteiger partial charge in [0, 0.05) is 23.3 Å². The fourth-order valence-electron chi connectivity index (χ4n) is 3.81. The number of hydrogen-bond donors (Lipinski definition) is 1. The molecule has 0 fully saturated rings. The SMILES string of the molecule is O=C1C(=CC(=CC2=C(O)c3ccccc3S2(=O)=O)Oc2ccccc2)S(=O)(=O)c2ccccc21. The van der Waals surface area contributed by atoms with Gasteiger partial charge in [-0.1, -0.05) is 42.5 Å². The molecule has 0 aromatic heterocycles. The molecule has 5 rings (SSSR count). The average Bonchev–Trinajstić information content (AvgIpc) is 3.14. The second-order valence-electron chi connectivity index (χ2n) is 7.51. The van der Waals surface area contributed by atoms with Gasteiger partial charge in [-0.05, 0) is 36.4 Å². The van der Waals surface area contributed by atoms with Crippen LogP contribution in [-0.2, 0) is 19.7 Å². The standard InChI is InChI=1S/C25H16O7S2/c26-24-18-10-4-6-12-20(18)33(28,29)22(24)14-17(32-16-8-2-1-3-9-16)15-23-25(27)19-11-5-7-13-21(19)34(23,30)31/h1-15,26H. The number of para-hydroxylation sites is 1. The quantitative estimate of drug-likeness (QED) is 0.428. The maximum Gasteiger partial charge on any atom is 0.211 e. The van der Waals surface area contributed by atoms with E-state index in [4.69, 9.17) is 4.74 Å². The number of carbonyl (C=O) groups is 1. The predicted molar refractivity (Wildman–Crippen MR) is 124 cm³/mol. The lowest BCUT2D eigenvalue weighted by molar-refractivity contribution is 0.104. The molecular weight excluding hydrogens is 476 g/mol. The number of ketones is 1. The van der Waals surface area contributed by atoms with Gasteiger partial charge in [0.05, 0.1) is 9.79 Å². The third-order valence-electron chi connectivity index (χ3n) is 5.41. The van der Waals surface area contributed by atoms with Crippen molar-refractivity contribution in [2.45, 2.75) is 9.79 Å². The number of sulfone groups is 2. The van der Waals surface area contributed by atoms with Crippen LogP contribution in [0.4, 0.5) is 0 Å². The first-order valence-corrected chi connectivity index (χ1v) is 13.0. The highest BCUT2D eigenvalue weighted by molar-refractivity contribution is 7.97. The molecular formula is C25H16O7S2. The molecule has 0 spiro atoms. The molecule has 7 nitrogen and oxygen atoms in total. The van der Waals surface area contributed by atoms with Crippen LogP contribution in [0.2, 0.25) is 0 Å². The topological polar surface area (TPSA) is 115 Å². The zero-order valence-electron chi connectivity index (χ0n) is 17.4. The van der Waals surface area contributed by atoms with Gasteiger partial charge < -0.3 is 9.84 Å². The fraction of sp³-hybridized carbons (Fsp3) is 0. The number of allylic oxidation sites excluding steroid dienone is 3. The number of aliphatic hydroxyl groups excluding tert-OH is 1. The fourth-order valence-corrected chi connectivity index (χ4v) is 6.96. The summed E-state index contributed by atoms with van der Waals surface area (Å²) in [5.74, 6) is -1.19. The Hall–Kier alpha value is -3.95.